The molecule has 0 unspecified atom stereocenters. The molecule has 2 heterocycles. The van der Waals surface area contributed by atoms with E-state index in [4.69, 9.17) is 9.52 Å². The second-order valence-electron chi connectivity index (χ2n) is 6.10. The Hall–Kier alpha value is -2.83. The molecule has 1 aliphatic rings. The number of carboxylic acids is 1. The molecule has 7 heteroatoms. The molecule has 0 aliphatic heterocycles. The lowest BCUT2D eigenvalue weighted by molar-refractivity contribution is -0.138. The van der Waals surface area contributed by atoms with E-state index in [0.29, 0.717) is 24.3 Å². The normalized spacial score (nSPS) is 16.0. The maximum Gasteiger partial charge on any atom is 0.305 e. The Bertz CT molecular complexity index is 801. The molecule has 126 valence electrons. The predicted octanol–water partition coefficient (Wildman–Crippen LogP) is 2.15. The highest BCUT2D eigenvalue weighted by atomic mass is 16.4. The number of hydrogen-bond acceptors (Lipinski definition) is 4. The fourth-order valence-corrected chi connectivity index (χ4v) is 3.22. The standard InChI is InChI=1S/C17H18N2O5/c20-14(21)10-17(7-1-2-8-17)19-16(23)11-5-6-12(18-15(11)22)13-4-3-9-24-13/h3-6,9H,1-2,7-8,10H2,(H,18,22)(H,19,23)(H,20,21). The minimum atomic E-state index is -0.959. The van der Waals surface area contributed by atoms with Gasteiger partial charge in [-0.3, -0.25) is 14.4 Å². The molecule has 0 atom stereocenters. The Morgan fingerprint density at radius 2 is 2.00 bits per heavy atom. The summed E-state index contributed by atoms with van der Waals surface area (Å²) in [5.74, 6) is -1.01. The number of carbonyl (C=O) groups excluding carboxylic acids is 1. The number of rotatable bonds is 5. The highest BCUT2D eigenvalue weighted by molar-refractivity contribution is 5.94. The molecular weight excluding hydrogens is 312 g/mol. The van der Waals surface area contributed by atoms with Crippen molar-refractivity contribution in [3.8, 4) is 11.5 Å². The number of nitrogens with one attached hydrogen (secondary N) is 2. The van der Waals surface area contributed by atoms with Crippen LogP contribution < -0.4 is 10.9 Å². The fraction of sp³-hybridized carbons (Fsp3) is 0.353. The van der Waals surface area contributed by atoms with Crippen LogP contribution in [0.5, 0.6) is 0 Å². The molecule has 2 aromatic rings. The zero-order chi connectivity index (χ0) is 17.2. The van der Waals surface area contributed by atoms with Gasteiger partial charge in [0.05, 0.1) is 23.9 Å². The Morgan fingerprint density at radius 3 is 2.58 bits per heavy atom. The summed E-state index contributed by atoms with van der Waals surface area (Å²) < 4.78 is 5.21. The van der Waals surface area contributed by atoms with Gasteiger partial charge >= 0.3 is 5.97 Å². The van der Waals surface area contributed by atoms with Crippen LogP contribution in [0, 0.1) is 0 Å². The quantitative estimate of drug-likeness (QED) is 0.777. The van der Waals surface area contributed by atoms with E-state index in [1.807, 2.05) is 0 Å². The van der Waals surface area contributed by atoms with Crippen LogP contribution in [0.2, 0.25) is 0 Å². The van der Waals surface area contributed by atoms with E-state index in [0.717, 1.165) is 12.8 Å². The summed E-state index contributed by atoms with van der Waals surface area (Å²) in [5, 5.41) is 11.9. The zero-order valence-corrected chi connectivity index (χ0v) is 13.0. The molecular formula is C17H18N2O5. The molecule has 1 saturated carbocycles. The van der Waals surface area contributed by atoms with Gasteiger partial charge in [0, 0.05) is 0 Å². The van der Waals surface area contributed by atoms with Crippen LogP contribution in [-0.2, 0) is 4.79 Å². The summed E-state index contributed by atoms with van der Waals surface area (Å²) >= 11 is 0. The van der Waals surface area contributed by atoms with Crippen LogP contribution in [-0.4, -0.2) is 27.5 Å². The van der Waals surface area contributed by atoms with E-state index >= 15 is 0 Å². The highest BCUT2D eigenvalue weighted by Gasteiger charge is 2.38. The summed E-state index contributed by atoms with van der Waals surface area (Å²) in [5.41, 5.74) is -0.871. The molecule has 0 aromatic carbocycles. The van der Waals surface area contributed by atoms with Crippen LogP contribution in [0.1, 0.15) is 42.5 Å². The number of carbonyl (C=O) groups is 2. The van der Waals surface area contributed by atoms with Gasteiger partial charge in [-0.1, -0.05) is 12.8 Å². The van der Waals surface area contributed by atoms with Crippen molar-refractivity contribution in [3.63, 3.8) is 0 Å². The molecule has 3 N–H and O–H groups in total. The number of carboxylic acid groups (broad SMARTS) is 1. The number of pyridine rings is 1. The number of H-pyrrole nitrogens is 1. The average molecular weight is 330 g/mol. The van der Waals surface area contributed by atoms with Crippen molar-refractivity contribution in [1.82, 2.24) is 10.3 Å². The molecule has 0 saturated heterocycles. The summed E-state index contributed by atoms with van der Waals surface area (Å²) in [6.07, 6.45) is 4.29. The van der Waals surface area contributed by atoms with Gasteiger partial charge in [0.2, 0.25) is 0 Å². The number of aromatic amines is 1. The average Bonchev–Trinajstić information content (AvgIpc) is 3.18. The fourth-order valence-electron chi connectivity index (χ4n) is 3.22. The Labute approximate surface area is 137 Å². The van der Waals surface area contributed by atoms with Gasteiger partial charge < -0.3 is 19.8 Å². The third kappa shape index (κ3) is 3.24. The van der Waals surface area contributed by atoms with Crippen molar-refractivity contribution in [2.45, 2.75) is 37.6 Å². The summed E-state index contributed by atoms with van der Waals surface area (Å²) in [7, 11) is 0. The van der Waals surface area contributed by atoms with Gasteiger partial charge in [-0.2, -0.15) is 0 Å². The van der Waals surface area contributed by atoms with Crippen molar-refractivity contribution in [2.75, 3.05) is 0 Å². The molecule has 1 aliphatic carbocycles. The van der Waals surface area contributed by atoms with Gasteiger partial charge in [0.25, 0.3) is 11.5 Å². The van der Waals surface area contributed by atoms with E-state index in [-0.39, 0.29) is 12.0 Å². The van der Waals surface area contributed by atoms with E-state index in [2.05, 4.69) is 10.3 Å². The molecule has 0 bridgehead atoms. The number of aromatic nitrogens is 1. The maximum atomic E-state index is 12.5. The first-order valence-electron chi connectivity index (χ1n) is 7.81. The Morgan fingerprint density at radius 1 is 1.25 bits per heavy atom. The van der Waals surface area contributed by atoms with Crippen molar-refractivity contribution >= 4 is 11.9 Å². The van der Waals surface area contributed by atoms with Crippen LogP contribution in [0.4, 0.5) is 0 Å². The lowest BCUT2D eigenvalue weighted by atomic mass is 9.92. The zero-order valence-electron chi connectivity index (χ0n) is 13.0. The number of hydrogen-bond donors (Lipinski definition) is 3. The second kappa shape index (κ2) is 6.35. The van der Waals surface area contributed by atoms with E-state index in [1.165, 1.54) is 12.3 Å². The van der Waals surface area contributed by atoms with E-state index in [9.17, 15) is 14.4 Å². The minimum Gasteiger partial charge on any atom is -0.481 e. The van der Waals surface area contributed by atoms with E-state index < -0.39 is 23.0 Å². The van der Waals surface area contributed by atoms with Gasteiger partial charge in [0.15, 0.2) is 0 Å². The first-order valence-corrected chi connectivity index (χ1v) is 7.81. The lowest BCUT2D eigenvalue weighted by Gasteiger charge is -2.28. The lowest BCUT2D eigenvalue weighted by Crippen LogP contribution is -2.48. The molecule has 0 spiro atoms. The molecule has 0 radical (unpaired) electrons. The maximum absolute atomic E-state index is 12.5. The highest BCUT2D eigenvalue weighted by Crippen LogP contribution is 2.32. The largest absolute Gasteiger partial charge is 0.481 e. The number of aliphatic carboxylic acids is 1. The number of amides is 1. The third-order valence-corrected chi connectivity index (χ3v) is 4.37. The molecule has 1 amide bonds. The molecule has 24 heavy (non-hydrogen) atoms. The third-order valence-electron chi connectivity index (χ3n) is 4.37. The molecule has 3 rings (SSSR count). The summed E-state index contributed by atoms with van der Waals surface area (Å²) in [6.45, 7) is 0. The van der Waals surface area contributed by atoms with Gasteiger partial charge in [-0.15, -0.1) is 0 Å². The van der Waals surface area contributed by atoms with Gasteiger partial charge in [-0.25, -0.2) is 0 Å². The first-order chi connectivity index (χ1) is 11.5. The first kappa shape index (κ1) is 16.0. The number of furan rings is 1. The molecule has 7 nitrogen and oxygen atoms in total. The Kier molecular flexibility index (Phi) is 4.24. The Balaban J connectivity index is 1.82. The van der Waals surface area contributed by atoms with Crippen molar-refractivity contribution in [2.24, 2.45) is 0 Å². The summed E-state index contributed by atoms with van der Waals surface area (Å²) in [6, 6.07) is 6.42. The van der Waals surface area contributed by atoms with Crippen LogP contribution in [0.3, 0.4) is 0 Å². The van der Waals surface area contributed by atoms with Crippen LogP contribution in [0.25, 0.3) is 11.5 Å². The van der Waals surface area contributed by atoms with Crippen molar-refractivity contribution in [3.05, 3.63) is 46.4 Å². The minimum absolute atomic E-state index is 0.0398. The molecule has 1 fully saturated rings. The van der Waals surface area contributed by atoms with Gasteiger partial charge in [-0.05, 0) is 37.1 Å². The second-order valence-corrected chi connectivity index (χ2v) is 6.10. The van der Waals surface area contributed by atoms with E-state index in [1.54, 1.807) is 18.2 Å². The monoisotopic (exact) mass is 330 g/mol. The topological polar surface area (TPSA) is 112 Å². The van der Waals surface area contributed by atoms with Crippen molar-refractivity contribution < 1.29 is 19.1 Å². The van der Waals surface area contributed by atoms with Crippen molar-refractivity contribution in [1.29, 1.82) is 0 Å². The van der Waals surface area contributed by atoms with Crippen LogP contribution in [0.15, 0.2) is 39.7 Å². The summed E-state index contributed by atoms with van der Waals surface area (Å²) in [4.78, 5) is 38.4. The molecule has 2 aromatic heterocycles. The van der Waals surface area contributed by atoms with Gasteiger partial charge in [0.1, 0.15) is 11.3 Å². The SMILES string of the molecule is O=C(O)CC1(NC(=O)c2ccc(-c3ccco3)[nH]c2=O)CCCC1. The van der Waals surface area contributed by atoms with Crippen LogP contribution >= 0.6 is 0 Å². The smallest absolute Gasteiger partial charge is 0.305 e. The predicted molar refractivity (Wildman–Crippen MR) is 85.7 cm³/mol.